The minimum absolute atomic E-state index is 0.0381. The maximum Gasteiger partial charge on any atom is 0.266 e. The molecular weight excluding hydrogens is 390 g/mol. The van der Waals surface area contributed by atoms with E-state index in [2.05, 4.69) is 52.8 Å². The van der Waals surface area contributed by atoms with Crippen LogP contribution in [0, 0.1) is 0 Å². The van der Waals surface area contributed by atoms with Crippen molar-refractivity contribution in [1.82, 2.24) is 19.7 Å². The van der Waals surface area contributed by atoms with Crippen LogP contribution in [0.15, 0.2) is 47.4 Å². The van der Waals surface area contributed by atoms with Crippen molar-refractivity contribution in [3.63, 3.8) is 0 Å². The van der Waals surface area contributed by atoms with Crippen LogP contribution in [0.4, 0.5) is 5.69 Å². The molecule has 0 saturated carbocycles. The van der Waals surface area contributed by atoms with Gasteiger partial charge in [-0.1, -0.05) is 20.8 Å². The highest BCUT2D eigenvalue weighted by Gasteiger charge is 2.20. The lowest BCUT2D eigenvalue weighted by atomic mass is 9.92. The van der Waals surface area contributed by atoms with E-state index in [-0.39, 0.29) is 11.0 Å². The lowest BCUT2D eigenvalue weighted by Crippen LogP contribution is -2.47. The average molecular weight is 422 g/mol. The minimum Gasteiger partial charge on any atom is -0.497 e. The molecule has 164 valence electrons. The van der Waals surface area contributed by atoms with Crippen LogP contribution >= 0.6 is 0 Å². The summed E-state index contributed by atoms with van der Waals surface area (Å²) in [4.78, 5) is 21.5. The molecule has 3 heterocycles. The second-order valence-corrected chi connectivity index (χ2v) is 9.07. The molecule has 0 bridgehead atoms. The molecule has 4 rings (SSSR count). The molecule has 0 unspecified atom stereocenters. The highest BCUT2D eigenvalue weighted by atomic mass is 16.5. The van der Waals surface area contributed by atoms with Crippen LogP contribution in [0.2, 0.25) is 0 Å². The van der Waals surface area contributed by atoms with E-state index in [4.69, 9.17) is 4.74 Å². The van der Waals surface area contributed by atoms with Crippen molar-refractivity contribution in [1.29, 1.82) is 0 Å². The number of anilines is 1. The van der Waals surface area contributed by atoms with E-state index < -0.39 is 0 Å². The molecule has 0 atom stereocenters. The van der Waals surface area contributed by atoms with Crippen LogP contribution in [-0.4, -0.2) is 59.5 Å². The number of methoxy groups -OCH3 is 1. The molecule has 2 aromatic heterocycles. The van der Waals surface area contributed by atoms with E-state index in [9.17, 15) is 4.79 Å². The summed E-state index contributed by atoms with van der Waals surface area (Å²) < 4.78 is 7.01. The third-order valence-corrected chi connectivity index (χ3v) is 5.90. The predicted octanol–water partition coefficient (Wildman–Crippen LogP) is 2.92. The lowest BCUT2D eigenvalue weighted by Gasteiger charge is -2.36. The Labute approximate surface area is 183 Å². The van der Waals surface area contributed by atoms with Gasteiger partial charge in [-0.2, -0.15) is 5.10 Å². The number of hydrogen-bond donors (Lipinski definition) is 0. The summed E-state index contributed by atoms with van der Waals surface area (Å²) in [6.07, 6.45) is 1.87. The number of benzene rings is 1. The molecule has 0 spiro atoms. The van der Waals surface area contributed by atoms with E-state index in [1.807, 2.05) is 24.4 Å². The number of piperazine rings is 1. The van der Waals surface area contributed by atoms with Crippen LogP contribution in [0.25, 0.3) is 10.9 Å². The molecule has 0 amide bonds. The number of rotatable bonds is 5. The molecule has 0 aliphatic carbocycles. The summed E-state index contributed by atoms with van der Waals surface area (Å²) in [5.74, 6) is 0.843. The Morgan fingerprint density at radius 3 is 2.48 bits per heavy atom. The van der Waals surface area contributed by atoms with Crippen LogP contribution in [-0.2, 0) is 12.0 Å². The number of aromatic nitrogens is 3. The highest BCUT2D eigenvalue weighted by Crippen LogP contribution is 2.29. The zero-order valence-electron chi connectivity index (χ0n) is 18.8. The van der Waals surface area contributed by atoms with Crippen molar-refractivity contribution in [3.05, 3.63) is 58.6 Å². The van der Waals surface area contributed by atoms with Crippen molar-refractivity contribution in [2.45, 2.75) is 32.7 Å². The molecule has 0 N–H and O–H groups in total. The lowest BCUT2D eigenvalue weighted by molar-refractivity contribution is 0.242. The predicted molar refractivity (Wildman–Crippen MR) is 124 cm³/mol. The van der Waals surface area contributed by atoms with Crippen LogP contribution in [0.3, 0.4) is 0 Å². The summed E-state index contributed by atoms with van der Waals surface area (Å²) >= 11 is 0. The van der Waals surface area contributed by atoms with Crippen molar-refractivity contribution >= 4 is 16.6 Å². The molecule has 1 saturated heterocycles. The molecule has 1 aromatic carbocycles. The maximum atomic E-state index is 12.2. The Hall–Kier alpha value is -2.93. The van der Waals surface area contributed by atoms with E-state index in [1.54, 1.807) is 17.9 Å². The summed E-state index contributed by atoms with van der Waals surface area (Å²) in [5, 5.41) is 5.71. The first-order valence-corrected chi connectivity index (χ1v) is 10.8. The van der Waals surface area contributed by atoms with Gasteiger partial charge >= 0.3 is 0 Å². The topological polar surface area (TPSA) is 63.5 Å². The fraction of sp³-hybridized carbons (Fsp3) is 0.458. The SMILES string of the molecule is COc1ccc2nccc(N3CCN(CCn4nc(C(C)(C)C)ccc4=O)CC3)c2c1. The van der Waals surface area contributed by atoms with Gasteiger partial charge in [-0.25, -0.2) is 4.68 Å². The second-order valence-electron chi connectivity index (χ2n) is 9.07. The molecular formula is C24H31N5O2. The van der Waals surface area contributed by atoms with Gasteiger partial charge in [-0.15, -0.1) is 0 Å². The van der Waals surface area contributed by atoms with Gasteiger partial charge in [0.05, 0.1) is 24.9 Å². The largest absolute Gasteiger partial charge is 0.497 e. The second kappa shape index (κ2) is 8.67. The summed E-state index contributed by atoms with van der Waals surface area (Å²) in [7, 11) is 1.69. The van der Waals surface area contributed by atoms with Gasteiger partial charge in [-0.05, 0) is 30.3 Å². The molecule has 31 heavy (non-hydrogen) atoms. The molecule has 1 aliphatic rings. The molecule has 3 aromatic rings. The first-order chi connectivity index (χ1) is 14.8. The molecule has 7 heteroatoms. The first-order valence-electron chi connectivity index (χ1n) is 10.8. The average Bonchev–Trinajstić information content (AvgIpc) is 2.77. The fourth-order valence-electron chi connectivity index (χ4n) is 3.97. The minimum atomic E-state index is -0.0723. The van der Waals surface area contributed by atoms with E-state index >= 15 is 0 Å². The number of pyridine rings is 1. The first kappa shape index (κ1) is 21.3. The Morgan fingerprint density at radius 1 is 1.00 bits per heavy atom. The van der Waals surface area contributed by atoms with Gasteiger partial charge in [0, 0.05) is 61.5 Å². The number of hydrogen-bond acceptors (Lipinski definition) is 6. The van der Waals surface area contributed by atoms with Crippen LogP contribution < -0.4 is 15.2 Å². The van der Waals surface area contributed by atoms with E-state index in [1.165, 1.54) is 5.69 Å². The number of nitrogens with zero attached hydrogens (tertiary/aromatic N) is 5. The van der Waals surface area contributed by atoms with Crippen molar-refractivity contribution in [2.24, 2.45) is 0 Å². The zero-order valence-corrected chi connectivity index (χ0v) is 18.8. The molecule has 0 radical (unpaired) electrons. The van der Waals surface area contributed by atoms with Gasteiger partial charge < -0.3 is 9.64 Å². The Bertz CT molecular complexity index is 1110. The smallest absolute Gasteiger partial charge is 0.266 e. The Morgan fingerprint density at radius 2 is 1.77 bits per heavy atom. The number of ether oxygens (including phenoxy) is 1. The standard InChI is InChI=1S/C24H31N5O2/c1-24(2,3)22-7-8-23(30)29(26-22)16-13-27-11-14-28(15-12-27)21-9-10-25-20-6-5-18(31-4)17-19(20)21/h5-10,17H,11-16H2,1-4H3. The van der Waals surface area contributed by atoms with Gasteiger partial charge in [0.25, 0.3) is 5.56 Å². The highest BCUT2D eigenvalue weighted by molar-refractivity contribution is 5.92. The summed E-state index contributed by atoms with van der Waals surface area (Å²) in [6, 6.07) is 11.6. The third-order valence-electron chi connectivity index (χ3n) is 5.90. The van der Waals surface area contributed by atoms with Gasteiger partial charge in [0.15, 0.2) is 0 Å². The number of fused-ring (bicyclic) bond motifs is 1. The normalized spacial score (nSPS) is 15.4. The summed E-state index contributed by atoms with van der Waals surface area (Å²) in [6.45, 7) is 11.5. The van der Waals surface area contributed by atoms with E-state index in [0.717, 1.165) is 55.1 Å². The van der Waals surface area contributed by atoms with Gasteiger partial charge in [0.1, 0.15) is 5.75 Å². The van der Waals surface area contributed by atoms with Crippen molar-refractivity contribution in [3.8, 4) is 5.75 Å². The van der Waals surface area contributed by atoms with Crippen molar-refractivity contribution < 1.29 is 4.74 Å². The monoisotopic (exact) mass is 421 g/mol. The summed E-state index contributed by atoms with van der Waals surface area (Å²) in [5.41, 5.74) is 3.00. The molecule has 1 fully saturated rings. The quantitative estimate of drug-likeness (QED) is 0.631. The third kappa shape index (κ3) is 4.71. The van der Waals surface area contributed by atoms with E-state index in [0.29, 0.717) is 6.54 Å². The zero-order chi connectivity index (χ0) is 22.0. The van der Waals surface area contributed by atoms with Crippen LogP contribution in [0.5, 0.6) is 5.75 Å². The fourth-order valence-corrected chi connectivity index (χ4v) is 3.97. The van der Waals surface area contributed by atoms with Gasteiger partial charge in [-0.3, -0.25) is 14.7 Å². The van der Waals surface area contributed by atoms with Crippen LogP contribution in [0.1, 0.15) is 26.5 Å². The van der Waals surface area contributed by atoms with Gasteiger partial charge in [0.2, 0.25) is 0 Å². The Balaban J connectivity index is 1.41. The maximum absolute atomic E-state index is 12.2. The molecule has 1 aliphatic heterocycles. The molecule has 7 nitrogen and oxygen atoms in total. The Kier molecular flexibility index (Phi) is 5.96. The van der Waals surface area contributed by atoms with Crippen molar-refractivity contribution in [2.75, 3.05) is 44.7 Å².